The van der Waals surface area contributed by atoms with Gasteiger partial charge in [0, 0.05) is 13.0 Å². The molecule has 4 amide bonds. The van der Waals surface area contributed by atoms with Crippen molar-refractivity contribution in [1.82, 2.24) is 21.3 Å². The van der Waals surface area contributed by atoms with Crippen LogP contribution in [0, 0.1) is 0 Å². The third-order valence-electron chi connectivity index (χ3n) is 5.99. The summed E-state index contributed by atoms with van der Waals surface area (Å²) in [5.41, 5.74) is 17.5. The zero-order valence-corrected chi connectivity index (χ0v) is 22.3. The van der Waals surface area contributed by atoms with Gasteiger partial charge in [-0.05, 0) is 24.8 Å². The second-order valence-electron chi connectivity index (χ2n) is 9.17. The maximum atomic E-state index is 13.4. The summed E-state index contributed by atoms with van der Waals surface area (Å²) in [6, 6.07) is 4.43. The number of hydrogen-bond donors (Lipinski definition) is 8. The van der Waals surface area contributed by atoms with Gasteiger partial charge in [-0.25, -0.2) is 0 Å². The lowest BCUT2D eigenvalue weighted by atomic mass is 10.0. The monoisotopic (exact) mass is 559 g/mol. The lowest BCUT2D eigenvalue weighted by Gasteiger charge is -2.23. The zero-order valence-electron chi connectivity index (χ0n) is 22.3. The van der Waals surface area contributed by atoms with E-state index in [1.165, 1.54) is 0 Å². The molecule has 1 aromatic carbocycles. The fourth-order valence-electron chi connectivity index (χ4n) is 3.91. The minimum atomic E-state index is -1.27. The number of nitrogens with one attached hydrogen (secondary N) is 4. The quantitative estimate of drug-likeness (QED) is 0.0900. The lowest BCUT2D eigenvalue weighted by Crippen LogP contribution is -2.55. The number of carbonyl (C=O) groups is 5. The topological polar surface area (TPSA) is 256 Å². The van der Waals surface area contributed by atoms with Crippen LogP contribution in [0.3, 0.4) is 0 Å². The summed E-state index contributed by atoms with van der Waals surface area (Å²) in [7, 11) is 0. The van der Waals surface area contributed by atoms with Gasteiger partial charge < -0.3 is 43.6 Å². The highest BCUT2D eigenvalue weighted by atomic mass is 16.4. The van der Waals surface area contributed by atoms with E-state index in [-0.39, 0.29) is 37.6 Å². The second kappa shape index (κ2) is 15.7. The van der Waals surface area contributed by atoms with Crippen LogP contribution in [0.15, 0.2) is 40.3 Å². The molecule has 0 radical (unpaired) electrons. The molecule has 1 aliphatic rings. The molecular formula is C25H37N9O6. The van der Waals surface area contributed by atoms with Crippen molar-refractivity contribution in [2.24, 2.45) is 27.2 Å². The molecule has 11 N–H and O–H groups in total. The predicted molar refractivity (Wildman–Crippen MR) is 147 cm³/mol. The summed E-state index contributed by atoms with van der Waals surface area (Å²) in [6.07, 6.45) is 0.135. The number of carboxylic acid groups (broad SMARTS) is 1. The summed E-state index contributed by atoms with van der Waals surface area (Å²) in [6.45, 7) is 1.36. The van der Waals surface area contributed by atoms with Crippen LogP contribution in [-0.2, 0) is 30.4 Å². The van der Waals surface area contributed by atoms with E-state index in [4.69, 9.17) is 17.2 Å². The average Bonchev–Trinajstić information content (AvgIpc) is 2.90. The van der Waals surface area contributed by atoms with E-state index in [1.807, 2.05) is 0 Å². The van der Waals surface area contributed by atoms with E-state index < -0.39 is 66.7 Å². The molecule has 15 heteroatoms. The maximum absolute atomic E-state index is 13.4. The largest absolute Gasteiger partial charge is 0.481 e. The molecule has 0 saturated heterocycles. The number of carbonyl (C=O) groups excluding carboxylic acids is 4. The number of amidine groups is 1. The summed E-state index contributed by atoms with van der Waals surface area (Å²) in [5, 5.41) is 19.5. The van der Waals surface area contributed by atoms with Gasteiger partial charge in [-0.3, -0.25) is 34.0 Å². The molecule has 1 aromatic rings. The SMILES string of the molecule is CCC1NC(=O)C(Cc2ccccc2)N=C(N)C(CC(=O)O)NC(=O)CNC(=O)C(CCCN=C(N)N)NC1=O. The maximum Gasteiger partial charge on any atom is 0.305 e. The van der Waals surface area contributed by atoms with Crippen LogP contribution in [0.25, 0.3) is 0 Å². The number of aliphatic imine (C=N–C) groups is 2. The number of carboxylic acids is 1. The van der Waals surface area contributed by atoms with Crippen molar-refractivity contribution >= 4 is 41.4 Å². The Hall–Kier alpha value is -4.69. The molecular weight excluding hydrogens is 522 g/mol. The molecule has 0 saturated carbocycles. The van der Waals surface area contributed by atoms with Gasteiger partial charge >= 0.3 is 5.97 Å². The Balaban J connectivity index is 2.42. The van der Waals surface area contributed by atoms with E-state index >= 15 is 0 Å². The summed E-state index contributed by atoms with van der Waals surface area (Å²) in [5.74, 6) is -4.34. The Morgan fingerprint density at radius 3 is 2.30 bits per heavy atom. The van der Waals surface area contributed by atoms with Crippen LogP contribution in [0.1, 0.15) is 38.2 Å². The van der Waals surface area contributed by atoms with Gasteiger partial charge in [0.15, 0.2) is 5.96 Å². The smallest absolute Gasteiger partial charge is 0.305 e. The molecule has 4 atom stereocenters. The highest BCUT2D eigenvalue weighted by Crippen LogP contribution is 2.10. The van der Waals surface area contributed by atoms with Gasteiger partial charge in [0.05, 0.1) is 19.0 Å². The molecule has 4 unspecified atom stereocenters. The van der Waals surface area contributed by atoms with Crippen molar-refractivity contribution < 1.29 is 29.1 Å². The first-order valence-electron chi connectivity index (χ1n) is 12.8. The number of aliphatic carboxylic acids is 1. The first kappa shape index (κ1) is 31.5. The molecule has 40 heavy (non-hydrogen) atoms. The molecule has 0 aromatic heterocycles. The number of nitrogens with two attached hydrogens (primary N) is 3. The van der Waals surface area contributed by atoms with Crippen molar-refractivity contribution in [3.05, 3.63) is 35.9 Å². The van der Waals surface area contributed by atoms with Crippen LogP contribution < -0.4 is 38.5 Å². The first-order valence-corrected chi connectivity index (χ1v) is 12.8. The van der Waals surface area contributed by atoms with Crippen LogP contribution in [0.5, 0.6) is 0 Å². The molecule has 2 rings (SSSR count). The van der Waals surface area contributed by atoms with E-state index in [1.54, 1.807) is 37.3 Å². The van der Waals surface area contributed by atoms with E-state index in [0.717, 1.165) is 5.56 Å². The van der Waals surface area contributed by atoms with Crippen molar-refractivity contribution in [2.45, 2.75) is 63.2 Å². The van der Waals surface area contributed by atoms with Gasteiger partial charge in [0.25, 0.3) is 0 Å². The lowest BCUT2D eigenvalue weighted by molar-refractivity contribution is -0.137. The van der Waals surface area contributed by atoms with Crippen LogP contribution in [-0.4, -0.2) is 83.8 Å². The van der Waals surface area contributed by atoms with Crippen LogP contribution in [0.4, 0.5) is 0 Å². The number of nitrogens with zero attached hydrogens (tertiary/aromatic N) is 2. The normalized spacial score (nSPS) is 22.8. The van der Waals surface area contributed by atoms with E-state index in [0.29, 0.717) is 6.42 Å². The third-order valence-corrected chi connectivity index (χ3v) is 5.99. The zero-order chi connectivity index (χ0) is 29.7. The van der Waals surface area contributed by atoms with Gasteiger partial charge in [-0.2, -0.15) is 0 Å². The Bertz CT molecular complexity index is 1120. The third kappa shape index (κ3) is 10.6. The fourth-order valence-corrected chi connectivity index (χ4v) is 3.91. The molecule has 0 bridgehead atoms. The Morgan fingerprint density at radius 1 is 1.00 bits per heavy atom. The molecule has 0 fully saturated rings. The van der Waals surface area contributed by atoms with Gasteiger partial charge in [0.1, 0.15) is 24.0 Å². The molecule has 15 nitrogen and oxygen atoms in total. The summed E-state index contributed by atoms with van der Waals surface area (Å²) >= 11 is 0. The molecule has 1 aliphatic heterocycles. The van der Waals surface area contributed by atoms with Gasteiger partial charge in [-0.1, -0.05) is 37.3 Å². The highest BCUT2D eigenvalue weighted by molar-refractivity contribution is 5.98. The Labute approximate surface area is 231 Å². The van der Waals surface area contributed by atoms with Crippen molar-refractivity contribution in [1.29, 1.82) is 0 Å². The Kier molecular flexibility index (Phi) is 12.3. The van der Waals surface area contributed by atoms with Gasteiger partial charge in [-0.15, -0.1) is 0 Å². The number of hydrogen-bond acceptors (Lipinski definition) is 8. The number of guanidine groups is 1. The second-order valence-corrected chi connectivity index (χ2v) is 9.17. The van der Waals surface area contributed by atoms with Crippen molar-refractivity contribution in [2.75, 3.05) is 13.1 Å². The summed E-state index contributed by atoms with van der Waals surface area (Å²) in [4.78, 5) is 71.6. The molecule has 0 spiro atoms. The van der Waals surface area contributed by atoms with Crippen LogP contribution in [0.2, 0.25) is 0 Å². The highest BCUT2D eigenvalue weighted by Gasteiger charge is 2.30. The minimum absolute atomic E-state index is 0.0899. The number of benzene rings is 1. The standard InChI is InChI=1S/C25H37N9O6/c1-2-15-23(39)34-16(9-6-10-29-25(27)28)22(38)30-13-19(35)31-17(12-20(36)37)21(26)32-18(24(40)33-15)11-14-7-4-3-5-8-14/h3-5,7-8,15-18H,2,6,9-13H2,1H3,(H2,26,32)(H,30,38)(H,31,35)(H,33,40)(H,34,39)(H,36,37)(H4,27,28,29). The van der Waals surface area contributed by atoms with Crippen molar-refractivity contribution in [3.63, 3.8) is 0 Å². The first-order chi connectivity index (χ1) is 19.0. The molecule has 1 heterocycles. The fraction of sp³-hybridized carbons (Fsp3) is 0.480. The minimum Gasteiger partial charge on any atom is -0.481 e. The average molecular weight is 560 g/mol. The summed E-state index contributed by atoms with van der Waals surface area (Å²) < 4.78 is 0. The molecule has 218 valence electrons. The van der Waals surface area contributed by atoms with E-state index in [2.05, 4.69) is 31.3 Å². The van der Waals surface area contributed by atoms with Crippen molar-refractivity contribution in [3.8, 4) is 0 Å². The van der Waals surface area contributed by atoms with E-state index in [9.17, 15) is 29.1 Å². The number of amides is 4. The van der Waals surface area contributed by atoms with Gasteiger partial charge in [0.2, 0.25) is 23.6 Å². The predicted octanol–water partition coefficient (Wildman–Crippen LogP) is -2.52. The Morgan fingerprint density at radius 2 is 1.68 bits per heavy atom. The molecule has 0 aliphatic carbocycles. The van der Waals surface area contributed by atoms with Crippen LogP contribution >= 0.6 is 0 Å². The number of rotatable bonds is 9.